The van der Waals surface area contributed by atoms with Gasteiger partial charge in [0.15, 0.2) is 0 Å². The lowest BCUT2D eigenvalue weighted by molar-refractivity contribution is -0.670. The number of quaternary nitrogens is 1. The SMILES string of the molecule is CC1=C[N+]2([O-])C=C(c3cc(C)oc3C)N=C2N=C1. The van der Waals surface area contributed by atoms with Gasteiger partial charge in [-0.15, -0.1) is 0 Å². The molecule has 3 rings (SSSR count). The normalized spacial score (nSPS) is 25.7. The molecule has 0 saturated carbocycles. The maximum Gasteiger partial charge on any atom is 0.339 e. The molecule has 0 N–H and O–H groups in total. The van der Waals surface area contributed by atoms with Gasteiger partial charge < -0.3 is 9.62 Å². The third kappa shape index (κ3) is 1.56. The number of furan rings is 1. The highest BCUT2D eigenvalue weighted by Gasteiger charge is 2.32. The average molecular weight is 243 g/mol. The fourth-order valence-electron chi connectivity index (χ4n) is 2.18. The molecule has 0 amide bonds. The predicted octanol–water partition coefficient (Wildman–Crippen LogP) is 2.87. The van der Waals surface area contributed by atoms with Crippen LogP contribution < -0.4 is 0 Å². The van der Waals surface area contributed by atoms with Gasteiger partial charge in [-0.05, 0) is 26.8 Å². The molecule has 1 aromatic heterocycles. The summed E-state index contributed by atoms with van der Waals surface area (Å²) >= 11 is 0. The van der Waals surface area contributed by atoms with Gasteiger partial charge in [-0.25, -0.2) is 4.65 Å². The van der Waals surface area contributed by atoms with Crippen LogP contribution in [0.5, 0.6) is 0 Å². The second kappa shape index (κ2) is 3.51. The Labute approximate surface area is 105 Å². The van der Waals surface area contributed by atoms with Gasteiger partial charge in [-0.2, -0.15) is 9.98 Å². The van der Waals surface area contributed by atoms with E-state index < -0.39 is 4.65 Å². The molecule has 0 fully saturated rings. The molecule has 0 bridgehead atoms. The second-order valence-electron chi connectivity index (χ2n) is 4.59. The molecule has 1 atom stereocenters. The standard InChI is InChI=1S/C13H13N3O2/c1-8-5-14-13-15-12(7-16(13,17)6-8)11-4-9(2)18-10(11)3/h4-7H,1-3H3. The number of hydrogen-bond donors (Lipinski definition) is 0. The summed E-state index contributed by atoms with van der Waals surface area (Å²) in [5.74, 6) is 1.81. The van der Waals surface area contributed by atoms with Gasteiger partial charge in [0.1, 0.15) is 29.6 Å². The summed E-state index contributed by atoms with van der Waals surface area (Å²) in [4.78, 5) is 8.39. The molecule has 0 aromatic carbocycles. The van der Waals surface area contributed by atoms with E-state index in [9.17, 15) is 5.21 Å². The van der Waals surface area contributed by atoms with Crippen LogP contribution >= 0.6 is 0 Å². The molecule has 0 spiro atoms. The fourth-order valence-corrected chi connectivity index (χ4v) is 2.18. The quantitative estimate of drug-likeness (QED) is 0.562. The van der Waals surface area contributed by atoms with E-state index in [-0.39, 0.29) is 5.96 Å². The van der Waals surface area contributed by atoms with Crippen molar-refractivity contribution in [1.82, 2.24) is 0 Å². The van der Waals surface area contributed by atoms with Crippen molar-refractivity contribution in [3.8, 4) is 0 Å². The van der Waals surface area contributed by atoms with Crippen molar-refractivity contribution in [3.63, 3.8) is 0 Å². The Morgan fingerprint density at radius 3 is 2.67 bits per heavy atom. The van der Waals surface area contributed by atoms with E-state index in [1.165, 1.54) is 0 Å². The van der Waals surface area contributed by atoms with E-state index in [0.29, 0.717) is 5.70 Å². The van der Waals surface area contributed by atoms with Crippen LogP contribution in [-0.4, -0.2) is 16.8 Å². The molecule has 0 radical (unpaired) electrons. The third-order valence-electron chi connectivity index (χ3n) is 2.94. The number of fused-ring (bicyclic) bond motifs is 1. The van der Waals surface area contributed by atoms with E-state index in [1.54, 1.807) is 18.6 Å². The Morgan fingerprint density at radius 2 is 2.00 bits per heavy atom. The number of hydrogen-bond acceptors (Lipinski definition) is 4. The first-order valence-electron chi connectivity index (χ1n) is 5.70. The van der Waals surface area contributed by atoms with Crippen molar-refractivity contribution in [3.05, 3.63) is 46.3 Å². The Balaban J connectivity index is 2.10. The van der Waals surface area contributed by atoms with Crippen LogP contribution in [0.2, 0.25) is 0 Å². The lowest BCUT2D eigenvalue weighted by Gasteiger charge is -2.31. The van der Waals surface area contributed by atoms with E-state index >= 15 is 0 Å². The summed E-state index contributed by atoms with van der Waals surface area (Å²) in [5.41, 5.74) is 2.31. The Morgan fingerprint density at radius 1 is 1.22 bits per heavy atom. The predicted molar refractivity (Wildman–Crippen MR) is 69.5 cm³/mol. The number of nitrogens with zero attached hydrogens (tertiary/aromatic N) is 3. The largest absolute Gasteiger partial charge is 0.615 e. The van der Waals surface area contributed by atoms with Gasteiger partial charge in [0, 0.05) is 17.4 Å². The first-order valence-corrected chi connectivity index (χ1v) is 5.70. The third-order valence-corrected chi connectivity index (χ3v) is 2.94. The van der Waals surface area contributed by atoms with Crippen molar-refractivity contribution in [2.75, 3.05) is 0 Å². The minimum Gasteiger partial charge on any atom is -0.615 e. The molecule has 2 aliphatic heterocycles. The maximum absolute atomic E-state index is 12.5. The number of hydroxylamine groups is 3. The summed E-state index contributed by atoms with van der Waals surface area (Å²) in [6.07, 6.45) is 4.78. The topological polar surface area (TPSA) is 60.9 Å². The molecule has 0 aliphatic carbocycles. The van der Waals surface area contributed by atoms with Crippen molar-refractivity contribution in [1.29, 1.82) is 0 Å². The highest BCUT2D eigenvalue weighted by molar-refractivity contribution is 5.97. The fraction of sp³-hybridized carbons (Fsp3) is 0.231. The highest BCUT2D eigenvalue weighted by atomic mass is 16.5. The minimum absolute atomic E-state index is 0.244. The van der Waals surface area contributed by atoms with Crippen LogP contribution in [0.1, 0.15) is 24.0 Å². The molecule has 3 heterocycles. The first-order chi connectivity index (χ1) is 8.48. The Bertz CT molecular complexity index is 649. The summed E-state index contributed by atoms with van der Waals surface area (Å²) in [6.45, 7) is 5.58. The summed E-state index contributed by atoms with van der Waals surface area (Å²) in [5, 5.41) is 12.5. The van der Waals surface area contributed by atoms with Crippen molar-refractivity contribution >= 4 is 17.9 Å². The van der Waals surface area contributed by atoms with Gasteiger partial charge in [0.25, 0.3) is 0 Å². The molecule has 1 unspecified atom stereocenters. The van der Waals surface area contributed by atoms with E-state index in [1.807, 2.05) is 26.8 Å². The Hall–Kier alpha value is -1.98. The number of allylic oxidation sites excluding steroid dienone is 1. The molecular weight excluding hydrogens is 230 g/mol. The number of rotatable bonds is 1. The van der Waals surface area contributed by atoms with Crippen molar-refractivity contribution < 1.29 is 9.06 Å². The zero-order chi connectivity index (χ0) is 12.9. The van der Waals surface area contributed by atoms with E-state index in [2.05, 4.69) is 9.98 Å². The van der Waals surface area contributed by atoms with Crippen molar-refractivity contribution in [2.24, 2.45) is 9.98 Å². The molecular formula is C13H13N3O2. The average Bonchev–Trinajstić information content (AvgIpc) is 2.77. The second-order valence-corrected chi connectivity index (χ2v) is 4.59. The summed E-state index contributed by atoms with van der Waals surface area (Å²) in [7, 11) is 0. The van der Waals surface area contributed by atoms with Crippen LogP contribution in [0.15, 0.2) is 38.4 Å². The Kier molecular flexibility index (Phi) is 2.17. The van der Waals surface area contributed by atoms with Crippen LogP contribution in [0.3, 0.4) is 0 Å². The van der Waals surface area contributed by atoms with Crippen LogP contribution in [0.25, 0.3) is 5.70 Å². The van der Waals surface area contributed by atoms with Gasteiger partial charge in [0.05, 0.1) is 0 Å². The van der Waals surface area contributed by atoms with Gasteiger partial charge in [0.2, 0.25) is 0 Å². The highest BCUT2D eigenvalue weighted by Crippen LogP contribution is 2.33. The smallest absolute Gasteiger partial charge is 0.339 e. The maximum atomic E-state index is 12.5. The van der Waals surface area contributed by atoms with Crippen LogP contribution in [-0.2, 0) is 0 Å². The van der Waals surface area contributed by atoms with Gasteiger partial charge in [-0.3, -0.25) is 0 Å². The van der Waals surface area contributed by atoms with Crippen LogP contribution in [0, 0.1) is 19.1 Å². The lowest BCUT2D eigenvalue weighted by Crippen LogP contribution is -2.36. The van der Waals surface area contributed by atoms with E-state index in [0.717, 1.165) is 22.7 Å². The number of aryl methyl sites for hydroxylation is 2. The van der Waals surface area contributed by atoms with Crippen molar-refractivity contribution in [2.45, 2.75) is 20.8 Å². The summed E-state index contributed by atoms with van der Waals surface area (Å²) < 4.78 is 4.74. The lowest BCUT2D eigenvalue weighted by atomic mass is 10.2. The molecule has 2 aliphatic rings. The van der Waals surface area contributed by atoms with Gasteiger partial charge in [-0.1, -0.05) is 0 Å². The molecule has 0 saturated heterocycles. The number of guanidine groups is 1. The molecule has 5 heteroatoms. The molecule has 92 valence electrons. The summed E-state index contributed by atoms with van der Waals surface area (Å²) in [6, 6.07) is 1.89. The molecule has 5 nitrogen and oxygen atoms in total. The monoisotopic (exact) mass is 243 g/mol. The molecule has 1 aromatic rings. The zero-order valence-corrected chi connectivity index (χ0v) is 10.5. The minimum atomic E-state index is -0.721. The van der Waals surface area contributed by atoms with Gasteiger partial charge >= 0.3 is 5.96 Å². The van der Waals surface area contributed by atoms with Crippen LogP contribution in [0.4, 0.5) is 0 Å². The number of aliphatic imine (C=N–C) groups is 2. The zero-order valence-electron chi connectivity index (χ0n) is 10.5. The molecule has 18 heavy (non-hydrogen) atoms. The van der Waals surface area contributed by atoms with E-state index in [4.69, 9.17) is 4.42 Å². The first kappa shape index (κ1) is 11.1.